The molecular formula is C17H19PS. The van der Waals surface area contributed by atoms with E-state index in [9.17, 15) is 0 Å². The van der Waals surface area contributed by atoms with Gasteiger partial charge in [0.05, 0.1) is 0 Å². The molecule has 0 heterocycles. The highest BCUT2D eigenvalue weighted by atomic mass is 32.4. The van der Waals surface area contributed by atoms with Crippen LogP contribution in [-0.4, -0.2) is 6.16 Å². The SMILES string of the molecule is CC(C)=CCP(=S)(c1ccccc1)c1ccccc1. The number of hydrogen-bond acceptors (Lipinski definition) is 1. The van der Waals surface area contributed by atoms with Gasteiger partial charge in [0.25, 0.3) is 0 Å². The van der Waals surface area contributed by atoms with E-state index < -0.39 is 6.04 Å². The third-order valence-electron chi connectivity index (χ3n) is 3.10. The maximum atomic E-state index is 6.12. The first-order valence-corrected chi connectivity index (χ1v) is 9.45. The molecule has 2 heteroatoms. The Morgan fingerprint density at radius 1 is 0.895 bits per heavy atom. The van der Waals surface area contributed by atoms with Crippen molar-refractivity contribution >= 4 is 28.5 Å². The fraction of sp³-hybridized carbons (Fsp3) is 0.176. The second kappa shape index (κ2) is 6.32. The van der Waals surface area contributed by atoms with Gasteiger partial charge in [0, 0.05) is 12.2 Å². The van der Waals surface area contributed by atoms with Crippen LogP contribution >= 0.6 is 6.04 Å². The first-order valence-electron chi connectivity index (χ1n) is 6.46. The Bertz CT molecular complexity index is 552. The number of allylic oxidation sites excluding steroid dienone is 2. The first kappa shape index (κ1) is 14.2. The quantitative estimate of drug-likeness (QED) is 0.603. The fourth-order valence-electron chi connectivity index (χ4n) is 2.01. The van der Waals surface area contributed by atoms with Crippen molar-refractivity contribution in [2.24, 2.45) is 0 Å². The van der Waals surface area contributed by atoms with Crippen LogP contribution in [0, 0.1) is 0 Å². The van der Waals surface area contributed by atoms with Gasteiger partial charge in [0.15, 0.2) is 0 Å². The number of rotatable bonds is 4. The molecule has 0 nitrogen and oxygen atoms in total. The van der Waals surface area contributed by atoms with E-state index in [-0.39, 0.29) is 0 Å². The van der Waals surface area contributed by atoms with E-state index in [1.54, 1.807) is 0 Å². The Morgan fingerprint density at radius 3 is 1.68 bits per heavy atom. The third-order valence-corrected chi connectivity index (χ3v) is 7.78. The van der Waals surface area contributed by atoms with Crippen LogP contribution in [0.3, 0.4) is 0 Å². The van der Waals surface area contributed by atoms with Crippen LogP contribution in [0.15, 0.2) is 72.3 Å². The summed E-state index contributed by atoms with van der Waals surface area (Å²) in [5, 5.41) is 2.60. The van der Waals surface area contributed by atoms with Crippen LogP contribution in [0.4, 0.5) is 0 Å². The molecule has 0 N–H and O–H groups in total. The van der Waals surface area contributed by atoms with Crippen LogP contribution in [-0.2, 0) is 11.8 Å². The molecule has 2 aromatic rings. The lowest BCUT2D eigenvalue weighted by atomic mass is 10.3. The maximum Gasteiger partial charge on any atom is 0.0142 e. The maximum absolute atomic E-state index is 6.12. The molecule has 0 aliphatic heterocycles. The lowest BCUT2D eigenvalue weighted by molar-refractivity contribution is 1.37. The van der Waals surface area contributed by atoms with E-state index in [4.69, 9.17) is 11.8 Å². The summed E-state index contributed by atoms with van der Waals surface area (Å²) >= 11 is 6.12. The highest BCUT2D eigenvalue weighted by Gasteiger charge is 2.20. The van der Waals surface area contributed by atoms with Gasteiger partial charge >= 0.3 is 0 Å². The summed E-state index contributed by atoms with van der Waals surface area (Å²) in [5.74, 6) is 0. The van der Waals surface area contributed by atoms with Crippen molar-refractivity contribution in [3.05, 3.63) is 72.3 Å². The molecular weight excluding hydrogens is 267 g/mol. The zero-order chi connectivity index (χ0) is 13.7. The van der Waals surface area contributed by atoms with Crippen molar-refractivity contribution in [3.8, 4) is 0 Å². The Morgan fingerprint density at radius 2 is 1.32 bits per heavy atom. The van der Waals surface area contributed by atoms with E-state index in [0.717, 1.165) is 6.16 Å². The predicted octanol–water partition coefficient (Wildman–Crippen LogP) is 4.08. The first-order chi connectivity index (χ1) is 9.13. The van der Waals surface area contributed by atoms with Crippen LogP contribution in [0.25, 0.3) is 0 Å². The van der Waals surface area contributed by atoms with Crippen LogP contribution in [0.2, 0.25) is 0 Å². The minimum absolute atomic E-state index is 0.957. The summed E-state index contributed by atoms with van der Waals surface area (Å²) < 4.78 is 0. The summed E-state index contributed by atoms with van der Waals surface area (Å²) in [5.41, 5.74) is 1.33. The Balaban J connectivity index is 2.51. The van der Waals surface area contributed by atoms with E-state index in [1.807, 2.05) is 0 Å². The standard InChI is InChI=1S/C17H19PS/c1-15(2)13-14-18(19,16-9-5-3-6-10-16)17-11-7-4-8-12-17/h3-13H,14H2,1-2H3. The van der Waals surface area contributed by atoms with Gasteiger partial charge in [0.2, 0.25) is 0 Å². The van der Waals surface area contributed by atoms with Gasteiger partial charge in [-0.2, -0.15) is 0 Å². The monoisotopic (exact) mass is 286 g/mol. The molecule has 0 aliphatic carbocycles. The van der Waals surface area contributed by atoms with E-state index in [2.05, 4.69) is 80.6 Å². The molecule has 0 saturated carbocycles. The van der Waals surface area contributed by atoms with Crippen molar-refractivity contribution in [1.82, 2.24) is 0 Å². The van der Waals surface area contributed by atoms with Gasteiger partial charge in [0.1, 0.15) is 0 Å². The molecule has 0 aliphatic rings. The molecule has 0 spiro atoms. The Kier molecular flexibility index (Phi) is 4.74. The van der Waals surface area contributed by atoms with Crippen molar-refractivity contribution in [2.45, 2.75) is 13.8 Å². The number of hydrogen-bond donors (Lipinski definition) is 0. The zero-order valence-electron chi connectivity index (χ0n) is 11.4. The summed E-state index contributed by atoms with van der Waals surface area (Å²) in [6, 6.07) is 19.4. The van der Waals surface area contributed by atoms with Gasteiger partial charge in [-0.1, -0.05) is 84.1 Å². The summed E-state index contributed by atoms with van der Waals surface area (Å²) in [7, 11) is 0. The molecule has 0 radical (unpaired) electrons. The Hall–Kier alpha value is -1.17. The second-order valence-electron chi connectivity index (χ2n) is 4.87. The summed E-state index contributed by atoms with van der Waals surface area (Å²) in [4.78, 5) is 0. The minimum atomic E-state index is -1.72. The van der Waals surface area contributed by atoms with Gasteiger partial charge in [-0.3, -0.25) is 0 Å². The molecule has 0 amide bonds. The molecule has 0 unspecified atom stereocenters. The van der Waals surface area contributed by atoms with Crippen molar-refractivity contribution < 1.29 is 0 Å². The molecule has 2 rings (SSSR count). The molecule has 0 aromatic heterocycles. The van der Waals surface area contributed by atoms with E-state index >= 15 is 0 Å². The highest BCUT2D eigenvalue weighted by Crippen LogP contribution is 2.43. The largest absolute Gasteiger partial charge is 0.0873 e. The van der Waals surface area contributed by atoms with Gasteiger partial charge in [-0.15, -0.1) is 0 Å². The molecule has 0 saturated heterocycles. The van der Waals surface area contributed by atoms with Crippen LogP contribution in [0.1, 0.15) is 13.8 Å². The summed E-state index contributed by atoms with van der Waals surface area (Å²) in [6.07, 6.45) is 3.24. The van der Waals surface area contributed by atoms with Gasteiger partial charge < -0.3 is 0 Å². The average Bonchev–Trinajstić information content (AvgIpc) is 2.46. The summed E-state index contributed by atoms with van der Waals surface area (Å²) in [6.45, 7) is 4.27. The topological polar surface area (TPSA) is 0 Å². The van der Waals surface area contributed by atoms with E-state index in [1.165, 1.54) is 16.2 Å². The molecule has 2 aromatic carbocycles. The zero-order valence-corrected chi connectivity index (χ0v) is 13.1. The van der Waals surface area contributed by atoms with Crippen LogP contribution in [0.5, 0.6) is 0 Å². The molecule has 0 bridgehead atoms. The molecule has 19 heavy (non-hydrogen) atoms. The van der Waals surface area contributed by atoms with Crippen molar-refractivity contribution in [3.63, 3.8) is 0 Å². The molecule has 0 fully saturated rings. The average molecular weight is 286 g/mol. The van der Waals surface area contributed by atoms with Crippen molar-refractivity contribution in [2.75, 3.05) is 6.16 Å². The fourth-order valence-corrected chi connectivity index (χ4v) is 5.61. The lowest BCUT2D eigenvalue weighted by Gasteiger charge is -2.22. The van der Waals surface area contributed by atoms with Crippen molar-refractivity contribution in [1.29, 1.82) is 0 Å². The smallest absolute Gasteiger partial charge is 0.0142 e. The number of benzene rings is 2. The minimum Gasteiger partial charge on any atom is -0.0873 e. The van der Waals surface area contributed by atoms with E-state index in [0.29, 0.717) is 0 Å². The third kappa shape index (κ3) is 3.43. The molecule has 98 valence electrons. The highest BCUT2D eigenvalue weighted by molar-refractivity contribution is 8.22. The van der Waals surface area contributed by atoms with Gasteiger partial charge in [-0.05, 0) is 24.5 Å². The normalized spacial score (nSPS) is 11.1. The molecule has 0 atom stereocenters. The van der Waals surface area contributed by atoms with Gasteiger partial charge in [-0.25, -0.2) is 0 Å². The Labute approximate surface area is 121 Å². The second-order valence-corrected chi connectivity index (χ2v) is 9.62. The van der Waals surface area contributed by atoms with Crippen LogP contribution < -0.4 is 10.6 Å². The predicted molar refractivity (Wildman–Crippen MR) is 90.7 cm³/mol. The lowest BCUT2D eigenvalue weighted by Crippen LogP contribution is -2.17.